The van der Waals surface area contributed by atoms with Crippen LogP contribution in [0.15, 0.2) is 16.6 Å². The predicted molar refractivity (Wildman–Crippen MR) is 166 cm³/mol. The summed E-state index contributed by atoms with van der Waals surface area (Å²) < 4.78 is 23.8. The smallest absolute Gasteiger partial charge is 0.306 e. The van der Waals surface area contributed by atoms with Crippen molar-refractivity contribution in [2.24, 2.45) is 11.8 Å². The number of ether oxygens (including phenoxy) is 4. The SMILES string of the molecule is COc1cc2c(cc1OCCCOc1c(Br)c3c(c(Cl)c1OC)CN(C(=O)CC(C)C(=O)O)C3)CN(C(=O)CC(C)C(=O)O)C2. The summed E-state index contributed by atoms with van der Waals surface area (Å²) in [6, 6.07) is 3.67. The fraction of sp³-hybridized carbons (Fsp3) is 0.484. The standard InChI is InChI=1S/C31H36BrClN2O10/c1-16(30(38)39)8-24(36)34-12-18-10-22(42-3)23(11-19(18)13-34)44-6-5-7-45-28-26(32)20-14-35(25(37)9-17(2)31(40)41)15-21(20)27(33)29(28)43-4/h10-11,16-17H,5-9,12-15H2,1-4H3,(H,38,39)(H,40,41). The molecule has 45 heavy (non-hydrogen) atoms. The van der Waals surface area contributed by atoms with E-state index in [1.165, 1.54) is 28.1 Å². The molecule has 2 aliphatic heterocycles. The second-order valence-electron chi connectivity index (χ2n) is 11.2. The summed E-state index contributed by atoms with van der Waals surface area (Å²) in [5, 5.41) is 18.6. The minimum atomic E-state index is -1.03. The Morgan fingerprint density at radius 3 is 1.84 bits per heavy atom. The van der Waals surface area contributed by atoms with Gasteiger partial charge in [-0.25, -0.2) is 0 Å². The van der Waals surface area contributed by atoms with Crippen LogP contribution in [0.2, 0.25) is 5.02 Å². The minimum Gasteiger partial charge on any atom is -0.493 e. The first-order chi connectivity index (χ1) is 21.4. The van der Waals surface area contributed by atoms with Crippen molar-refractivity contribution in [2.75, 3.05) is 27.4 Å². The molecule has 0 aliphatic carbocycles. The Balaban J connectivity index is 1.36. The van der Waals surface area contributed by atoms with Gasteiger partial charge in [0.1, 0.15) is 0 Å². The Hall–Kier alpha value is -3.71. The maximum atomic E-state index is 12.7. The molecule has 4 rings (SSSR count). The Kier molecular flexibility index (Phi) is 11.1. The van der Waals surface area contributed by atoms with Gasteiger partial charge in [-0.1, -0.05) is 25.4 Å². The highest BCUT2D eigenvalue weighted by Crippen LogP contribution is 2.49. The van der Waals surface area contributed by atoms with Crippen LogP contribution in [-0.2, 0) is 45.4 Å². The van der Waals surface area contributed by atoms with E-state index in [-0.39, 0.29) is 51.0 Å². The van der Waals surface area contributed by atoms with Gasteiger partial charge in [-0.3, -0.25) is 19.2 Å². The van der Waals surface area contributed by atoms with Crippen molar-refractivity contribution in [2.45, 2.75) is 59.3 Å². The molecule has 244 valence electrons. The van der Waals surface area contributed by atoms with Gasteiger partial charge in [-0.05, 0) is 44.8 Å². The van der Waals surface area contributed by atoms with Crippen LogP contribution >= 0.6 is 27.5 Å². The largest absolute Gasteiger partial charge is 0.493 e. The number of halogens is 2. The van der Waals surface area contributed by atoms with Gasteiger partial charge in [-0.15, -0.1) is 0 Å². The number of aliphatic carboxylic acids is 2. The van der Waals surface area contributed by atoms with E-state index in [4.69, 9.17) is 35.7 Å². The normalized spacial score (nSPS) is 14.8. The molecule has 0 spiro atoms. The van der Waals surface area contributed by atoms with E-state index >= 15 is 0 Å². The molecule has 2 aliphatic rings. The van der Waals surface area contributed by atoms with Crippen LogP contribution in [0.3, 0.4) is 0 Å². The van der Waals surface area contributed by atoms with E-state index in [0.29, 0.717) is 57.6 Å². The first-order valence-electron chi connectivity index (χ1n) is 14.4. The third-order valence-corrected chi connectivity index (χ3v) is 9.15. The molecular weight excluding hydrogens is 676 g/mol. The van der Waals surface area contributed by atoms with Gasteiger partial charge in [0.2, 0.25) is 11.8 Å². The van der Waals surface area contributed by atoms with Gasteiger partial charge in [0.25, 0.3) is 0 Å². The first kappa shape index (κ1) is 34.2. The summed E-state index contributed by atoms with van der Waals surface area (Å²) in [7, 11) is 3.01. The van der Waals surface area contributed by atoms with Crippen LogP contribution in [0.4, 0.5) is 0 Å². The number of carboxylic acid groups (broad SMARTS) is 2. The van der Waals surface area contributed by atoms with Gasteiger partial charge in [0.15, 0.2) is 23.0 Å². The van der Waals surface area contributed by atoms with E-state index in [2.05, 4.69) is 15.9 Å². The highest BCUT2D eigenvalue weighted by Gasteiger charge is 2.33. The third-order valence-electron chi connectivity index (χ3n) is 7.91. The summed E-state index contributed by atoms with van der Waals surface area (Å²) in [6.45, 7) is 4.77. The number of amides is 2. The maximum Gasteiger partial charge on any atom is 0.306 e. The molecule has 2 aromatic carbocycles. The minimum absolute atomic E-state index is 0.0669. The van der Waals surface area contributed by atoms with E-state index in [1.54, 1.807) is 9.80 Å². The van der Waals surface area contributed by atoms with Crippen molar-refractivity contribution in [3.05, 3.63) is 43.9 Å². The fourth-order valence-corrected chi connectivity index (χ4v) is 6.22. The van der Waals surface area contributed by atoms with Crippen molar-refractivity contribution in [1.29, 1.82) is 0 Å². The second kappa shape index (κ2) is 14.6. The van der Waals surface area contributed by atoms with Crippen molar-refractivity contribution in [3.63, 3.8) is 0 Å². The number of nitrogens with zero attached hydrogens (tertiary/aromatic N) is 2. The lowest BCUT2D eigenvalue weighted by atomic mass is 10.1. The van der Waals surface area contributed by atoms with E-state index in [1.807, 2.05) is 12.1 Å². The van der Waals surface area contributed by atoms with Crippen LogP contribution in [0.5, 0.6) is 23.0 Å². The van der Waals surface area contributed by atoms with Crippen LogP contribution in [-0.4, -0.2) is 71.2 Å². The quantitative estimate of drug-likeness (QED) is 0.260. The summed E-state index contributed by atoms with van der Waals surface area (Å²) >= 11 is 10.3. The van der Waals surface area contributed by atoms with Gasteiger partial charge < -0.3 is 39.0 Å². The number of hydrogen-bond donors (Lipinski definition) is 2. The molecule has 2 unspecified atom stereocenters. The molecule has 2 atom stereocenters. The molecule has 14 heteroatoms. The molecule has 0 saturated carbocycles. The number of carbonyl (C=O) groups excluding carboxylic acids is 2. The molecule has 0 bridgehead atoms. The average molecular weight is 712 g/mol. The zero-order chi connectivity index (χ0) is 33.0. The highest BCUT2D eigenvalue weighted by molar-refractivity contribution is 9.10. The number of methoxy groups -OCH3 is 2. The summed E-state index contributed by atoms with van der Waals surface area (Å²) in [6.07, 6.45) is 0.305. The van der Waals surface area contributed by atoms with Crippen LogP contribution < -0.4 is 18.9 Å². The Bertz CT molecular complexity index is 1500. The second-order valence-corrected chi connectivity index (χ2v) is 12.3. The predicted octanol–water partition coefficient (Wildman–Crippen LogP) is 4.87. The van der Waals surface area contributed by atoms with E-state index in [9.17, 15) is 24.3 Å². The van der Waals surface area contributed by atoms with Gasteiger partial charge in [-0.2, -0.15) is 0 Å². The van der Waals surface area contributed by atoms with Crippen LogP contribution in [0, 0.1) is 11.8 Å². The van der Waals surface area contributed by atoms with E-state index in [0.717, 1.165) is 16.7 Å². The molecule has 2 aromatic rings. The first-order valence-corrected chi connectivity index (χ1v) is 15.6. The average Bonchev–Trinajstić information content (AvgIpc) is 3.64. The van der Waals surface area contributed by atoms with Gasteiger partial charge >= 0.3 is 11.9 Å². The lowest BCUT2D eigenvalue weighted by molar-refractivity contribution is -0.145. The maximum absolute atomic E-state index is 12.7. The third kappa shape index (κ3) is 7.58. The molecule has 2 amide bonds. The van der Waals surface area contributed by atoms with Crippen molar-refractivity contribution in [1.82, 2.24) is 9.80 Å². The number of benzene rings is 2. The molecule has 2 heterocycles. The molecule has 0 radical (unpaired) electrons. The zero-order valence-corrected chi connectivity index (χ0v) is 27.8. The zero-order valence-electron chi connectivity index (χ0n) is 25.5. The Morgan fingerprint density at radius 1 is 0.800 bits per heavy atom. The van der Waals surface area contributed by atoms with Gasteiger partial charge in [0.05, 0.1) is 48.8 Å². The monoisotopic (exact) mass is 710 g/mol. The molecule has 0 fully saturated rings. The Morgan fingerprint density at radius 2 is 1.31 bits per heavy atom. The number of hydrogen-bond acceptors (Lipinski definition) is 8. The number of carbonyl (C=O) groups is 4. The molecular formula is C31H36BrClN2O10. The fourth-order valence-electron chi connectivity index (χ4n) is 5.22. The van der Waals surface area contributed by atoms with Crippen molar-refractivity contribution in [3.8, 4) is 23.0 Å². The summed E-state index contributed by atoms with van der Waals surface area (Å²) in [5.74, 6) is -2.33. The highest BCUT2D eigenvalue weighted by atomic mass is 79.9. The molecule has 0 saturated heterocycles. The van der Waals surface area contributed by atoms with Crippen LogP contribution in [0.1, 0.15) is 55.4 Å². The number of rotatable bonds is 14. The molecule has 0 aromatic heterocycles. The summed E-state index contributed by atoms with van der Waals surface area (Å²) in [5.41, 5.74) is 3.31. The van der Waals surface area contributed by atoms with Crippen molar-refractivity contribution < 1.29 is 48.3 Å². The number of fused-ring (bicyclic) bond motifs is 2. The molecule has 12 nitrogen and oxygen atoms in total. The molecule has 2 N–H and O–H groups in total. The number of carboxylic acids is 2. The lowest BCUT2D eigenvalue weighted by Crippen LogP contribution is -2.28. The Labute approximate surface area is 274 Å². The van der Waals surface area contributed by atoms with Crippen LogP contribution in [0.25, 0.3) is 0 Å². The topological polar surface area (TPSA) is 152 Å². The van der Waals surface area contributed by atoms with Gasteiger partial charge in [0, 0.05) is 51.0 Å². The lowest BCUT2D eigenvalue weighted by Gasteiger charge is -2.17. The van der Waals surface area contributed by atoms with E-state index < -0.39 is 23.8 Å². The summed E-state index contributed by atoms with van der Waals surface area (Å²) in [4.78, 5) is 50.9. The van der Waals surface area contributed by atoms with Crippen molar-refractivity contribution >= 4 is 51.3 Å².